The lowest BCUT2D eigenvalue weighted by atomic mass is 10.1. The Balaban J connectivity index is 2.47. The molecule has 1 saturated heterocycles. The topological polar surface area (TPSA) is 35.5 Å². The van der Waals surface area contributed by atoms with Crippen LogP contribution in [0.25, 0.3) is 0 Å². The summed E-state index contributed by atoms with van der Waals surface area (Å²) in [5.41, 5.74) is 0. The third kappa shape index (κ3) is 1.84. The van der Waals surface area contributed by atoms with Crippen LogP contribution in [0.15, 0.2) is 0 Å². The Morgan fingerprint density at radius 3 is 2.17 bits per heavy atom. The van der Waals surface area contributed by atoms with Crippen LogP contribution in [0.1, 0.15) is 26.7 Å². The van der Waals surface area contributed by atoms with E-state index in [1.807, 2.05) is 13.8 Å². The van der Waals surface area contributed by atoms with Crippen LogP contribution in [0.4, 0.5) is 0 Å². The van der Waals surface area contributed by atoms with Gasteiger partial charge < -0.3 is 14.3 Å². The van der Waals surface area contributed by atoms with Crippen molar-refractivity contribution in [3.63, 3.8) is 0 Å². The van der Waals surface area contributed by atoms with Crippen molar-refractivity contribution < 1.29 is 14.3 Å². The van der Waals surface area contributed by atoms with E-state index in [4.69, 9.17) is 9.47 Å². The third-order valence-electron chi connectivity index (χ3n) is 2.39. The Labute approximate surface area is 73.0 Å². The van der Waals surface area contributed by atoms with Crippen molar-refractivity contribution in [2.75, 3.05) is 13.2 Å². The molecule has 0 amide bonds. The summed E-state index contributed by atoms with van der Waals surface area (Å²) in [5, 5.41) is 0. The molecule has 3 heteroatoms. The molecule has 12 heavy (non-hydrogen) atoms. The van der Waals surface area contributed by atoms with E-state index >= 15 is 0 Å². The predicted molar refractivity (Wildman–Crippen MR) is 44.8 cm³/mol. The number of carbonyl (C=O) groups excluding carboxylic acids is 1. The first-order valence-corrected chi connectivity index (χ1v) is 4.49. The minimum absolute atomic E-state index is 0.0729. The average molecular weight is 172 g/mol. The lowest BCUT2D eigenvalue weighted by molar-refractivity contribution is -0.280. The molecule has 1 heterocycles. The maximum absolute atomic E-state index is 10.4. The fraction of sp³-hybridized carbons (Fsp3) is 0.889. The highest BCUT2D eigenvalue weighted by atomic mass is 16.7. The van der Waals surface area contributed by atoms with Gasteiger partial charge in [-0.15, -0.1) is 0 Å². The van der Waals surface area contributed by atoms with Gasteiger partial charge in [-0.05, 0) is 12.8 Å². The maximum Gasteiger partial charge on any atom is 0.167 e. The van der Waals surface area contributed by atoms with Crippen molar-refractivity contribution in [3.05, 3.63) is 0 Å². The van der Waals surface area contributed by atoms with Gasteiger partial charge in [0.1, 0.15) is 6.29 Å². The molecule has 1 aliphatic heterocycles. The van der Waals surface area contributed by atoms with E-state index < -0.39 is 5.79 Å². The van der Waals surface area contributed by atoms with E-state index in [9.17, 15) is 4.79 Å². The molecule has 0 aromatic carbocycles. The van der Waals surface area contributed by atoms with E-state index in [2.05, 4.69) is 0 Å². The lowest BCUT2D eigenvalue weighted by Gasteiger charge is -2.37. The largest absolute Gasteiger partial charge is 0.349 e. The molecule has 1 aliphatic rings. The van der Waals surface area contributed by atoms with E-state index in [0.717, 1.165) is 19.1 Å². The van der Waals surface area contributed by atoms with Crippen LogP contribution in [0.2, 0.25) is 0 Å². The van der Waals surface area contributed by atoms with Gasteiger partial charge in [-0.3, -0.25) is 0 Å². The molecule has 70 valence electrons. The second-order valence-corrected chi connectivity index (χ2v) is 3.14. The smallest absolute Gasteiger partial charge is 0.167 e. The van der Waals surface area contributed by atoms with Crippen molar-refractivity contribution in [3.8, 4) is 0 Å². The summed E-state index contributed by atoms with van der Waals surface area (Å²) in [6, 6.07) is 0. The molecule has 0 aliphatic carbocycles. The van der Waals surface area contributed by atoms with Crippen LogP contribution in [-0.4, -0.2) is 25.3 Å². The minimum atomic E-state index is -0.417. The number of hydrogen-bond donors (Lipinski definition) is 0. The molecule has 0 bridgehead atoms. The second kappa shape index (κ2) is 4.01. The minimum Gasteiger partial charge on any atom is -0.349 e. The number of hydrogen-bond acceptors (Lipinski definition) is 3. The summed E-state index contributed by atoms with van der Waals surface area (Å²) >= 11 is 0. The Kier molecular flexibility index (Phi) is 3.23. The quantitative estimate of drug-likeness (QED) is 0.603. The summed E-state index contributed by atoms with van der Waals surface area (Å²) < 4.78 is 11.0. The molecule has 0 spiro atoms. The first-order chi connectivity index (χ1) is 5.76. The molecule has 0 radical (unpaired) electrons. The second-order valence-electron chi connectivity index (χ2n) is 3.14. The molecule has 1 fully saturated rings. The van der Waals surface area contributed by atoms with Gasteiger partial charge >= 0.3 is 0 Å². The van der Waals surface area contributed by atoms with E-state index in [1.165, 1.54) is 0 Å². The van der Waals surface area contributed by atoms with Gasteiger partial charge in [0.2, 0.25) is 0 Å². The lowest BCUT2D eigenvalue weighted by Crippen LogP contribution is -2.43. The van der Waals surface area contributed by atoms with Crippen LogP contribution in [0.3, 0.4) is 0 Å². The number of rotatable bonds is 3. The zero-order chi connectivity index (χ0) is 9.03. The van der Waals surface area contributed by atoms with Gasteiger partial charge in [0.15, 0.2) is 5.79 Å². The normalized spacial score (nSPS) is 23.8. The molecule has 0 atom stereocenters. The van der Waals surface area contributed by atoms with Gasteiger partial charge in [-0.2, -0.15) is 0 Å². The van der Waals surface area contributed by atoms with Gasteiger partial charge in [-0.1, -0.05) is 13.8 Å². The standard InChI is InChI=1S/C9H16O3/c1-3-9(4-2)11-6-8(5-10)7-12-9/h5,8H,3-4,6-7H2,1-2H3. The highest BCUT2D eigenvalue weighted by Gasteiger charge is 2.33. The van der Waals surface area contributed by atoms with Crippen molar-refractivity contribution in [2.24, 2.45) is 5.92 Å². The highest BCUT2D eigenvalue weighted by Crippen LogP contribution is 2.27. The average Bonchev–Trinajstić information content (AvgIpc) is 2.18. The van der Waals surface area contributed by atoms with Crippen molar-refractivity contribution in [1.29, 1.82) is 0 Å². The zero-order valence-electron chi connectivity index (χ0n) is 7.71. The summed E-state index contributed by atoms with van der Waals surface area (Å²) in [5.74, 6) is -0.490. The molecular formula is C9H16O3. The molecule has 0 unspecified atom stereocenters. The van der Waals surface area contributed by atoms with Gasteiger partial charge in [-0.25, -0.2) is 0 Å². The van der Waals surface area contributed by atoms with Gasteiger partial charge in [0, 0.05) is 0 Å². The monoisotopic (exact) mass is 172 g/mol. The van der Waals surface area contributed by atoms with E-state index in [0.29, 0.717) is 13.2 Å². The number of ether oxygens (including phenoxy) is 2. The first-order valence-electron chi connectivity index (χ1n) is 4.49. The van der Waals surface area contributed by atoms with Crippen LogP contribution >= 0.6 is 0 Å². The van der Waals surface area contributed by atoms with Crippen LogP contribution in [0.5, 0.6) is 0 Å². The molecule has 0 aromatic heterocycles. The molecular weight excluding hydrogens is 156 g/mol. The zero-order valence-corrected chi connectivity index (χ0v) is 7.71. The summed E-state index contributed by atoms with van der Waals surface area (Å²) in [6.07, 6.45) is 2.58. The van der Waals surface area contributed by atoms with E-state index in [-0.39, 0.29) is 5.92 Å². The Bertz CT molecular complexity index is 142. The number of aldehydes is 1. The predicted octanol–water partition coefficient (Wildman–Crippen LogP) is 1.36. The van der Waals surface area contributed by atoms with Gasteiger partial charge in [0.05, 0.1) is 19.1 Å². The van der Waals surface area contributed by atoms with Crippen molar-refractivity contribution in [2.45, 2.75) is 32.5 Å². The first kappa shape index (κ1) is 9.68. The fourth-order valence-electron chi connectivity index (χ4n) is 1.34. The van der Waals surface area contributed by atoms with Crippen molar-refractivity contribution in [1.82, 2.24) is 0 Å². The SMILES string of the molecule is CCC1(CC)OCC(C=O)CO1. The third-order valence-corrected chi connectivity index (χ3v) is 2.39. The fourth-order valence-corrected chi connectivity index (χ4v) is 1.34. The summed E-state index contributed by atoms with van der Waals surface area (Å²) in [4.78, 5) is 10.4. The Morgan fingerprint density at radius 2 is 1.83 bits per heavy atom. The maximum atomic E-state index is 10.4. The van der Waals surface area contributed by atoms with Gasteiger partial charge in [0.25, 0.3) is 0 Å². The van der Waals surface area contributed by atoms with Crippen LogP contribution in [-0.2, 0) is 14.3 Å². The molecule has 0 N–H and O–H groups in total. The number of carbonyl (C=O) groups is 1. The molecule has 0 aromatic rings. The summed E-state index contributed by atoms with van der Waals surface area (Å²) in [7, 11) is 0. The Hall–Kier alpha value is -0.410. The highest BCUT2D eigenvalue weighted by molar-refractivity contribution is 5.53. The van der Waals surface area contributed by atoms with Crippen molar-refractivity contribution >= 4 is 6.29 Å². The summed E-state index contributed by atoms with van der Waals surface area (Å²) in [6.45, 7) is 5.08. The molecule has 0 saturated carbocycles. The van der Waals surface area contributed by atoms with Crippen LogP contribution < -0.4 is 0 Å². The Morgan fingerprint density at radius 1 is 1.33 bits per heavy atom. The molecule has 1 rings (SSSR count). The molecule has 3 nitrogen and oxygen atoms in total. The van der Waals surface area contributed by atoms with E-state index in [1.54, 1.807) is 0 Å². The van der Waals surface area contributed by atoms with Crippen LogP contribution in [0, 0.1) is 5.92 Å².